The average molecular weight is 283 g/mol. The summed E-state index contributed by atoms with van der Waals surface area (Å²) in [5.41, 5.74) is 0. The zero-order valence-electron chi connectivity index (χ0n) is 12.3. The highest BCUT2D eigenvalue weighted by Crippen LogP contribution is 2.21. The van der Waals surface area contributed by atoms with E-state index in [1.807, 2.05) is 11.8 Å². The minimum Gasteiger partial charge on any atom is -0.480 e. The molecule has 0 saturated carbocycles. The summed E-state index contributed by atoms with van der Waals surface area (Å²) in [5.74, 6) is -0.952. The fourth-order valence-corrected chi connectivity index (χ4v) is 3.18. The van der Waals surface area contributed by atoms with Gasteiger partial charge in [0.25, 0.3) is 0 Å². The quantitative estimate of drug-likeness (QED) is 0.838. The summed E-state index contributed by atoms with van der Waals surface area (Å²) in [6.45, 7) is 5.82. The van der Waals surface area contributed by atoms with E-state index in [1.54, 1.807) is 0 Å². The van der Waals surface area contributed by atoms with E-state index in [1.165, 1.54) is 24.2 Å². The number of aliphatic carboxylic acids is 1. The van der Waals surface area contributed by atoms with Crippen molar-refractivity contribution < 1.29 is 14.7 Å². The molecule has 0 aromatic heterocycles. The van der Waals surface area contributed by atoms with Gasteiger partial charge in [-0.15, -0.1) is 0 Å². The van der Waals surface area contributed by atoms with Crippen LogP contribution in [0.5, 0.6) is 0 Å². The monoisotopic (exact) mass is 283 g/mol. The fourth-order valence-electron chi connectivity index (χ4n) is 3.18. The van der Waals surface area contributed by atoms with E-state index in [9.17, 15) is 9.59 Å². The second-order valence-electron chi connectivity index (χ2n) is 5.68. The number of amides is 2. The molecule has 2 aliphatic heterocycles. The molecule has 0 aliphatic carbocycles. The lowest BCUT2D eigenvalue weighted by Gasteiger charge is -2.32. The van der Waals surface area contributed by atoms with Crippen LogP contribution in [0.4, 0.5) is 4.79 Å². The summed E-state index contributed by atoms with van der Waals surface area (Å²) in [6.07, 6.45) is 4.83. The Morgan fingerprint density at radius 2 is 1.90 bits per heavy atom. The highest BCUT2D eigenvalue weighted by Gasteiger charge is 2.32. The summed E-state index contributed by atoms with van der Waals surface area (Å²) in [5, 5.41) is 8.84. The number of urea groups is 1. The molecule has 2 fully saturated rings. The SMILES string of the molecule is CCN(CC(=O)O)C(=O)N1CCC(N2CCCCC2)C1. The molecule has 2 amide bonds. The van der Waals surface area contributed by atoms with Gasteiger partial charge in [0.1, 0.15) is 6.54 Å². The molecule has 0 bridgehead atoms. The van der Waals surface area contributed by atoms with Gasteiger partial charge in [-0.3, -0.25) is 9.69 Å². The fraction of sp³-hybridized carbons (Fsp3) is 0.857. The number of hydrogen-bond acceptors (Lipinski definition) is 3. The standard InChI is InChI=1S/C14H25N3O3/c1-2-15(11-13(18)19)14(20)17-9-6-12(10-17)16-7-4-3-5-8-16/h12H,2-11H2,1H3,(H,18,19). The van der Waals surface area contributed by atoms with Gasteiger partial charge in [0, 0.05) is 25.7 Å². The Hall–Kier alpha value is -1.30. The number of carboxylic acid groups (broad SMARTS) is 1. The Morgan fingerprint density at radius 1 is 1.20 bits per heavy atom. The van der Waals surface area contributed by atoms with Crippen molar-refractivity contribution in [2.45, 2.75) is 38.6 Å². The summed E-state index contributed by atoms with van der Waals surface area (Å²) in [4.78, 5) is 28.8. The maximum atomic E-state index is 12.3. The van der Waals surface area contributed by atoms with Crippen LogP contribution in [-0.4, -0.2) is 77.1 Å². The van der Waals surface area contributed by atoms with Gasteiger partial charge in [0.05, 0.1) is 0 Å². The molecule has 6 heteroatoms. The van der Waals surface area contributed by atoms with Crippen LogP contribution < -0.4 is 0 Å². The largest absolute Gasteiger partial charge is 0.480 e. The first-order chi connectivity index (χ1) is 9.61. The van der Waals surface area contributed by atoms with Gasteiger partial charge < -0.3 is 14.9 Å². The van der Waals surface area contributed by atoms with E-state index in [-0.39, 0.29) is 12.6 Å². The van der Waals surface area contributed by atoms with Crippen LogP contribution in [0, 0.1) is 0 Å². The number of piperidine rings is 1. The lowest BCUT2D eigenvalue weighted by atomic mass is 10.1. The van der Waals surface area contributed by atoms with Crippen LogP contribution in [0.3, 0.4) is 0 Å². The third kappa shape index (κ3) is 3.62. The predicted molar refractivity (Wildman–Crippen MR) is 75.7 cm³/mol. The van der Waals surface area contributed by atoms with Crippen LogP contribution >= 0.6 is 0 Å². The molecule has 2 heterocycles. The van der Waals surface area contributed by atoms with Crippen LogP contribution in [0.2, 0.25) is 0 Å². The Labute approximate surface area is 120 Å². The normalized spacial score (nSPS) is 23.9. The van der Waals surface area contributed by atoms with E-state index in [0.717, 1.165) is 32.6 Å². The first-order valence-corrected chi connectivity index (χ1v) is 7.61. The van der Waals surface area contributed by atoms with Crippen molar-refractivity contribution in [1.82, 2.24) is 14.7 Å². The first kappa shape index (κ1) is 15.1. The van der Waals surface area contributed by atoms with Crippen molar-refractivity contribution in [1.29, 1.82) is 0 Å². The molecule has 1 atom stereocenters. The molecule has 6 nitrogen and oxygen atoms in total. The van der Waals surface area contributed by atoms with Gasteiger partial charge in [-0.05, 0) is 39.3 Å². The molecule has 20 heavy (non-hydrogen) atoms. The highest BCUT2D eigenvalue weighted by molar-refractivity contribution is 5.80. The van der Waals surface area contributed by atoms with Crippen molar-refractivity contribution >= 4 is 12.0 Å². The second-order valence-corrected chi connectivity index (χ2v) is 5.68. The maximum absolute atomic E-state index is 12.3. The van der Waals surface area contributed by atoms with Gasteiger partial charge in [-0.25, -0.2) is 4.79 Å². The zero-order valence-corrected chi connectivity index (χ0v) is 12.3. The minimum atomic E-state index is -0.952. The van der Waals surface area contributed by atoms with Gasteiger partial charge in [-0.2, -0.15) is 0 Å². The van der Waals surface area contributed by atoms with Crippen LogP contribution in [-0.2, 0) is 4.79 Å². The van der Waals surface area contributed by atoms with Crippen LogP contribution in [0.25, 0.3) is 0 Å². The van der Waals surface area contributed by atoms with E-state index in [0.29, 0.717) is 12.6 Å². The molecule has 2 aliphatic rings. The van der Waals surface area contributed by atoms with Gasteiger partial charge in [-0.1, -0.05) is 6.42 Å². The Balaban J connectivity index is 1.87. The Bertz CT molecular complexity index is 356. The number of likely N-dealkylation sites (tertiary alicyclic amines) is 2. The lowest BCUT2D eigenvalue weighted by molar-refractivity contribution is -0.137. The highest BCUT2D eigenvalue weighted by atomic mass is 16.4. The van der Waals surface area contributed by atoms with Crippen molar-refractivity contribution in [3.8, 4) is 0 Å². The molecule has 1 N–H and O–H groups in total. The smallest absolute Gasteiger partial charge is 0.323 e. The van der Waals surface area contributed by atoms with Crippen molar-refractivity contribution in [2.75, 3.05) is 39.3 Å². The molecule has 114 valence electrons. The maximum Gasteiger partial charge on any atom is 0.323 e. The zero-order chi connectivity index (χ0) is 14.5. The topological polar surface area (TPSA) is 64.1 Å². The molecule has 1 unspecified atom stereocenters. The minimum absolute atomic E-state index is 0.130. The lowest BCUT2D eigenvalue weighted by Crippen LogP contribution is -2.46. The number of carbonyl (C=O) groups excluding carboxylic acids is 1. The van der Waals surface area contributed by atoms with Crippen LogP contribution in [0.1, 0.15) is 32.6 Å². The Morgan fingerprint density at radius 3 is 2.50 bits per heavy atom. The summed E-state index contributed by atoms with van der Waals surface area (Å²) < 4.78 is 0. The number of carboxylic acids is 1. The summed E-state index contributed by atoms with van der Waals surface area (Å²) >= 11 is 0. The van der Waals surface area contributed by atoms with Crippen LogP contribution in [0.15, 0.2) is 0 Å². The number of nitrogens with zero attached hydrogens (tertiary/aromatic N) is 3. The molecule has 2 saturated heterocycles. The summed E-state index contributed by atoms with van der Waals surface area (Å²) in [6, 6.07) is 0.331. The molecular weight excluding hydrogens is 258 g/mol. The molecular formula is C14H25N3O3. The number of likely N-dealkylation sites (N-methyl/N-ethyl adjacent to an activating group) is 1. The summed E-state index contributed by atoms with van der Waals surface area (Å²) in [7, 11) is 0. The van der Waals surface area contributed by atoms with E-state index < -0.39 is 5.97 Å². The number of rotatable bonds is 4. The van der Waals surface area contributed by atoms with Crippen molar-refractivity contribution in [3.05, 3.63) is 0 Å². The van der Waals surface area contributed by atoms with E-state index >= 15 is 0 Å². The third-order valence-corrected chi connectivity index (χ3v) is 4.32. The number of carbonyl (C=O) groups is 2. The number of hydrogen-bond donors (Lipinski definition) is 1. The van der Waals surface area contributed by atoms with Crippen molar-refractivity contribution in [2.24, 2.45) is 0 Å². The average Bonchev–Trinajstić information content (AvgIpc) is 2.94. The molecule has 0 aromatic rings. The van der Waals surface area contributed by atoms with E-state index in [2.05, 4.69) is 4.90 Å². The van der Waals surface area contributed by atoms with Crippen molar-refractivity contribution in [3.63, 3.8) is 0 Å². The third-order valence-electron chi connectivity index (χ3n) is 4.32. The van der Waals surface area contributed by atoms with Gasteiger partial charge >= 0.3 is 12.0 Å². The molecule has 2 rings (SSSR count). The van der Waals surface area contributed by atoms with Gasteiger partial charge in [0.2, 0.25) is 0 Å². The predicted octanol–water partition coefficient (Wildman–Crippen LogP) is 1.07. The van der Waals surface area contributed by atoms with Gasteiger partial charge in [0.15, 0.2) is 0 Å². The second kappa shape index (κ2) is 6.92. The first-order valence-electron chi connectivity index (χ1n) is 7.61. The Kier molecular flexibility index (Phi) is 5.23. The molecule has 0 aromatic carbocycles. The van der Waals surface area contributed by atoms with E-state index in [4.69, 9.17) is 5.11 Å². The molecule has 0 radical (unpaired) electrons. The molecule has 0 spiro atoms.